The van der Waals surface area contributed by atoms with E-state index in [1.54, 1.807) is 0 Å². The molecule has 2 heterocycles. The number of aromatic nitrogens is 1. The van der Waals surface area contributed by atoms with Crippen LogP contribution in [0.1, 0.15) is 29.9 Å². The second-order valence-electron chi connectivity index (χ2n) is 8.64. The van der Waals surface area contributed by atoms with Gasteiger partial charge in [-0.15, -0.1) is 0 Å². The summed E-state index contributed by atoms with van der Waals surface area (Å²) in [6.45, 7) is 2.20. The molecular weight excluding hydrogens is 403 g/mol. The Morgan fingerprint density at radius 3 is 2.74 bits per heavy atom. The summed E-state index contributed by atoms with van der Waals surface area (Å²) in [6.07, 6.45) is 7.95. The van der Waals surface area contributed by atoms with E-state index in [1.165, 1.54) is 17.6 Å². The minimum atomic E-state index is -0.838. The first-order valence-corrected chi connectivity index (χ1v) is 10.1. The topological polar surface area (TPSA) is 111 Å². The maximum absolute atomic E-state index is 15.1. The third-order valence-electron chi connectivity index (χ3n) is 6.58. The van der Waals surface area contributed by atoms with Gasteiger partial charge in [0, 0.05) is 48.7 Å². The molecule has 5 rings (SSSR count). The van der Waals surface area contributed by atoms with Crippen LogP contribution in [0, 0.1) is 21.8 Å². The van der Waals surface area contributed by atoms with Crippen molar-refractivity contribution in [2.75, 3.05) is 18.0 Å². The number of nitrogens with two attached hydrogens (primary N) is 1. The summed E-state index contributed by atoms with van der Waals surface area (Å²) in [5.41, 5.74) is 6.09. The van der Waals surface area contributed by atoms with Gasteiger partial charge in [0.2, 0.25) is 6.04 Å². The van der Waals surface area contributed by atoms with Gasteiger partial charge in [0.1, 0.15) is 11.9 Å². The van der Waals surface area contributed by atoms with Crippen molar-refractivity contribution in [2.45, 2.75) is 31.0 Å². The summed E-state index contributed by atoms with van der Waals surface area (Å²) in [4.78, 5) is 37.6. The highest BCUT2D eigenvalue weighted by Crippen LogP contribution is 2.42. The zero-order chi connectivity index (χ0) is 22.1. The fourth-order valence-electron chi connectivity index (χ4n) is 4.85. The molecule has 160 valence electrons. The van der Waals surface area contributed by atoms with Crippen molar-refractivity contribution in [1.82, 2.24) is 4.57 Å². The normalized spacial score (nSPS) is 28.7. The molecule has 1 saturated heterocycles. The number of pyridine rings is 1. The summed E-state index contributed by atoms with van der Waals surface area (Å²) in [7, 11) is 0. The van der Waals surface area contributed by atoms with Crippen molar-refractivity contribution in [3.8, 4) is 0 Å². The number of allylic oxidation sites excluding steroid dienone is 2. The smallest absolute Gasteiger partial charge is 0.236 e. The number of Topliss-reactive ketones (excluding diaryl/α,β-unsaturated/α-hetero) is 1. The molecule has 1 aliphatic heterocycles. The van der Waals surface area contributed by atoms with Gasteiger partial charge in [-0.2, -0.15) is 0 Å². The second kappa shape index (κ2) is 6.58. The number of fused-ring (bicyclic) bond motifs is 2. The summed E-state index contributed by atoms with van der Waals surface area (Å²) >= 11 is 0. The van der Waals surface area contributed by atoms with E-state index in [0.717, 1.165) is 12.1 Å². The predicted molar refractivity (Wildman–Crippen MR) is 114 cm³/mol. The Balaban J connectivity index is 1.68. The highest BCUT2D eigenvalue weighted by molar-refractivity contribution is 5.96. The molecule has 0 amide bonds. The Morgan fingerprint density at radius 2 is 2.10 bits per heavy atom. The first-order chi connectivity index (χ1) is 14.7. The molecule has 2 fully saturated rings. The zero-order valence-electron chi connectivity index (χ0n) is 16.8. The van der Waals surface area contributed by atoms with E-state index in [2.05, 4.69) is 0 Å². The minimum Gasteiger partial charge on any atom is -0.366 e. The summed E-state index contributed by atoms with van der Waals surface area (Å²) in [5, 5.41) is 11.4. The fourth-order valence-corrected chi connectivity index (χ4v) is 4.85. The van der Waals surface area contributed by atoms with E-state index in [4.69, 9.17) is 5.73 Å². The number of carbonyl (C=O) groups excluding carboxylic acids is 1. The van der Waals surface area contributed by atoms with Gasteiger partial charge >= 0.3 is 0 Å². The van der Waals surface area contributed by atoms with Crippen molar-refractivity contribution >= 4 is 22.4 Å². The van der Waals surface area contributed by atoms with E-state index < -0.39 is 28.9 Å². The van der Waals surface area contributed by atoms with Crippen molar-refractivity contribution in [1.29, 1.82) is 0 Å². The van der Waals surface area contributed by atoms with E-state index in [9.17, 15) is 19.7 Å². The summed E-state index contributed by atoms with van der Waals surface area (Å²) in [5.74, 6) is -0.925. The Morgan fingerprint density at radius 1 is 1.32 bits per heavy atom. The highest BCUT2D eigenvalue weighted by atomic mass is 19.1. The molecule has 3 aliphatic rings. The van der Waals surface area contributed by atoms with Gasteiger partial charge in [-0.25, -0.2) is 4.39 Å². The molecular formula is C22H21FN4O4. The van der Waals surface area contributed by atoms with Crippen LogP contribution < -0.4 is 16.1 Å². The number of nitrogens with zero attached hydrogens (tertiary/aromatic N) is 3. The predicted octanol–water partition coefficient (Wildman–Crippen LogP) is 2.19. The Kier molecular flexibility index (Phi) is 4.17. The first-order valence-electron chi connectivity index (χ1n) is 10.1. The van der Waals surface area contributed by atoms with Crippen LogP contribution in [0.2, 0.25) is 0 Å². The van der Waals surface area contributed by atoms with E-state index >= 15 is 4.39 Å². The first kappa shape index (κ1) is 19.6. The molecule has 1 aromatic carbocycles. The average Bonchev–Trinajstić information content (AvgIpc) is 3.42. The number of anilines is 1. The zero-order valence-corrected chi connectivity index (χ0v) is 16.8. The molecule has 8 nitrogen and oxygen atoms in total. The van der Waals surface area contributed by atoms with Crippen LogP contribution in [0.25, 0.3) is 10.9 Å². The van der Waals surface area contributed by atoms with Gasteiger partial charge in [0.05, 0.1) is 22.4 Å². The molecule has 1 saturated carbocycles. The molecule has 0 spiro atoms. The van der Waals surface area contributed by atoms with Crippen LogP contribution in [-0.2, 0) is 0 Å². The lowest BCUT2D eigenvalue weighted by molar-refractivity contribution is -0.497. The van der Waals surface area contributed by atoms with E-state index in [-0.39, 0.29) is 39.8 Å². The number of ketones is 1. The molecule has 2 aromatic rings. The molecule has 2 N–H and O–H groups in total. The largest absolute Gasteiger partial charge is 0.366 e. The minimum absolute atomic E-state index is 0.0145. The number of hydrogen-bond acceptors (Lipinski definition) is 6. The van der Waals surface area contributed by atoms with Crippen molar-refractivity contribution in [2.24, 2.45) is 11.7 Å². The Bertz CT molecular complexity index is 1270. The van der Waals surface area contributed by atoms with Crippen molar-refractivity contribution in [3.05, 3.63) is 74.4 Å². The van der Waals surface area contributed by atoms with Gasteiger partial charge in [0.25, 0.3) is 0 Å². The molecule has 0 radical (unpaired) electrons. The molecule has 0 bridgehead atoms. The Hall–Kier alpha value is -3.33. The van der Waals surface area contributed by atoms with Crippen molar-refractivity contribution < 1.29 is 14.1 Å². The molecule has 31 heavy (non-hydrogen) atoms. The van der Waals surface area contributed by atoms with Crippen molar-refractivity contribution in [3.63, 3.8) is 0 Å². The average molecular weight is 424 g/mol. The molecule has 9 heteroatoms. The van der Waals surface area contributed by atoms with Gasteiger partial charge in [-0.05, 0) is 12.1 Å². The van der Waals surface area contributed by atoms with Crippen LogP contribution in [-0.4, -0.2) is 39.9 Å². The lowest BCUT2D eigenvalue weighted by Crippen LogP contribution is -2.46. The number of benzene rings is 1. The summed E-state index contributed by atoms with van der Waals surface area (Å²) < 4.78 is 16.7. The van der Waals surface area contributed by atoms with E-state index in [1.807, 2.05) is 29.2 Å². The molecule has 4 unspecified atom stereocenters. The number of carbonyl (C=O) groups is 1. The quantitative estimate of drug-likeness (QED) is 0.458. The van der Waals surface area contributed by atoms with Gasteiger partial charge < -0.3 is 15.2 Å². The van der Waals surface area contributed by atoms with E-state index in [0.29, 0.717) is 18.6 Å². The van der Waals surface area contributed by atoms with Gasteiger partial charge in [-0.1, -0.05) is 24.3 Å². The highest BCUT2D eigenvalue weighted by Gasteiger charge is 2.51. The number of rotatable bonds is 4. The summed E-state index contributed by atoms with van der Waals surface area (Å²) in [6, 6.07) is 2.45. The molecule has 4 atom stereocenters. The fraction of sp³-hybridized carbons (Fsp3) is 0.364. The van der Waals surface area contributed by atoms with Crippen LogP contribution in [0.15, 0.2) is 47.3 Å². The van der Waals surface area contributed by atoms with Crippen LogP contribution >= 0.6 is 0 Å². The van der Waals surface area contributed by atoms with Crippen LogP contribution in [0.4, 0.5) is 10.1 Å². The molecule has 1 aromatic heterocycles. The van der Waals surface area contributed by atoms with Gasteiger partial charge in [-0.3, -0.25) is 19.7 Å². The second-order valence-corrected chi connectivity index (χ2v) is 8.64. The maximum atomic E-state index is 15.1. The lowest BCUT2D eigenvalue weighted by Gasteiger charge is -2.27. The Labute approximate surface area is 176 Å². The maximum Gasteiger partial charge on any atom is 0.236 e. The number of hydrogen-bond donors (Lipinski definition) is 1. The monoisotopic (exact) mass is 424 g/mol. The van der Waals surface area contributed by atoms with Gasteiger partial charge in [0.15, 0.2) is 11.2 Å². The third kappa shape index (κ3) is 2.99. The molecule has 2 aliphatic carbocycles. The number of halogens is 1. The number of nitro groups is 1. The van der Waals surface area contributed by atoms with Crippen LogP contribution in [0.3, 0.4) is 0 Å². The lowest BCUT2D eigenvalue weighted by atomic mass is 9.85. The SMILES string of the molecule is CC(=O)c1cc(=O)c2cc(F)c(N3CC4C=CC=CC4(N)C3)cc2n1C1CC1[N+](=O)[O-]. The van der Waals surface area contributed by atoms with Crippen LogP contribution in [0.5, 0.6) is 0 Å². The standard InChI is InChI=1S/C22H21FN4O4/c1-12(28)16-9-21(29)14-6-15(23)18(7-17(14)26(16)19-8-20(19)27(30)31)25-10-13-4-2-3-5-22(13,24)11-25/h2-7,9,13,19-20H,8,10-11,24H2,1H3. The third-order valence-corrected chi connectivity index (χ3v) is 6.58.